The van der Waals surface area contributed by atoms with Crippen molar-refractivity contribution in [2.75, 3.05) is 6.61 Å². The lowest BCUT2D eigenvalue weighted by atomic mass is 9.74. The Morgan fingerprint density at radius 3 is 2.67 bits per heavy atom. The summed E-state index contributed by atoms with van der Waals surface area (Å²) in [5.74, 6) is 0.495. The molecule has 0 aliphatic heterocycles. The molecular weight excluding hydrogens is 152 g/mol. The zero-order valence-corrected chi connectivity index (χ0v) is 7.83. The molecule has 2 N–H and O–H groups in total. The van der Waals surface area contributed by atoms with Crippen LogP contribution >= 0.6 is 0 Å². The molecule has 70 valence electrons. The van der Waals surface area contributed by atoms with Crippen LogP contribution in [0.1, 0.15) is 26.7 Å². The quantitative estimate of drug-likeness (QED) is 0.614. The minimum Gasteiger partial charge on any atom is -0.393 e. The first-order valence-electron chi connectivity index (χ1n) is 4.60. The van der Waals surface area contributed by atoms with E-state index in [1.165, 1.54) is 0 Å². The lowest BCUT2D eigenvalue weighted by molar-refractivity contribution is -0.0690. The molecule has 0 heterocycles. The van der Waals surface area contributed by atoms with Gasteiger partial charge in [-0.25, -0.2) is 0 Å². The molecule has 0 aromatic heterocycles. The SMILES string of the molecule is CC(C)[C@H]1C=CCC[C@@]1(O)CO. The van der Waals surface area contributed by atoms with Crippen molar-refractivity contribution in [3.63, 3.8) is 0 Å². The van der Waals surface area contributed by atoms with Crippen LogP contribution in [0.5, 0.6) is 0 Å². The molecule has 2 atom stereocenters. The molecule has 0 amide bonds. The summed E-state index contributed by atoms with van der Waals surface area (Å²) in [5.41, 5.74) is -0.872. The molecule has 0 fully saturated rings. The monoisotopic (exact) mass is 170 g/mol. The van der Waals surface area contributed by atoms with E-state index >= 15 is 0 Å². The summed E-state index contributed by atoms with van der Waals surface area (Å²) >= 11 is 0. The van der Waals surface area contributed by atoms with Gasteiger partial charge in [-0.3, -0.25) is 0 Å². The standard InChI is InChI=1S/C10H18O2/c1-8(2)9-5-3-4-6-10(9,12)7-11/h3,5,8-9,11-12H,4,6-7H2,1-2H3/t9-,10-/m1/s1. The Hall–Kier alpha value is -0.340. The Morgan fingerprint density at radius 2 is 2.25 bits per heavy atom. The van der Waals surface area contributed by atoms with Crippen molar-refractivity contribution in [2.45, 2.75) is 32.3 Å². The summed E-state index contributed by atoms with van der Waals surface area (Å²) in [4.78, 5) is 0. The van der Waals surface area contributed by atoms with Crippen LogP contribution in [0.4, 0.5) is 0 Å². The molecule has 12 heavy (non-hydrogen) atoms. The summed E-state index contributed by atoms with van der Waals surface area (Å²) in [6.07, 6.45) is 5.68. The average molecular weight is 170 g/mol. The van der Waals surface area contributed by atoms with Crippen molar-refractivity contribution in [3.8, 4) is 0 Å². The van der Waals surface area contributed by atoms with Crippen LogP contribution < -0.4 is 0 Å². The maximum absolute atomic E-state index is 10.0. The first-order chi connectivity index (χ1) is 5.60. The van der Waals surface area contributed by atoms with Gasteiger partial charge in [-0.1, -0.05) is 26.0 Å². The highest BCUT2D eigenvalue weighted by Crippen LogP contribution is 2.33. The predicted molar refractivity (Wildman–Crippen MR) is 48.7 cm³/mol. The van der Waals surface area contributed by atoms with E-state index in [1.807, 2.05) is 6.08 Å². The summed E-state index contributed by atoms with van der Waals surface area (Å²) in [7, 11) is 0. The number of allylic oxidation sites excluding steroid dienone is 1. The maximum Gasteiger partial charge on any atom is 0.0944 e. The fraction of sp³-hybridized carbons (Fsp3) is 0.800. The molecule has 0 bridgehead atoms. The number of hydrogen-bond acceptors (Lipinski definition) is 2. The van der Waals surface area contributed by atoms with Crippen LogP contribution in [0.2, 0.25) is 0 Å². The Bertz CT molecular complexity index is 175. The van der Waals surface area contributed by atoms with Gasteiger partial charge in [-0.05, 0) is 18.8 Å². The zero-order valence-electron chi connectivity index (χ0n) is 7.83. The van der Waals surface area contributed by atoms with E-state index in [9.17, 15) is 5.11 Å². The second-order valence-corrected chi connectivity index (χ2v) is 4.00. The molecule has 0 spiro atoms. The van der Waals surface area contributed by atoms with Crippen LogP contribution in [0.15, 0.2) is 12.2 Å². The normalized spacial score (nSPS) is 35.9. The zero-order chi connectivity index (χ0) is 9.19. The van der Waals surface area contributed by atoms with Crippen LogP contribution in [0, 0.1) is 11.8 Å². The van der Waals surface area contributed by atoms with Crippen molar-refractivity contribution in [2.24, 2.45) is 11.8 Å². The summed E-state index contributed by atoms with van der Waals surface area (Å²) in [5, 5.41) is 19.1. The molecule has 0 saturated carbocycles. The molecule has 2 nitrogen and oxygen atoms in total. The topological polar surface area (TPSA) is 40.5 Å². The molecule has 0 saturated heterocycles. The molecule has 0 aromatic carbocycles. The van der Waals surface area contributed by atoms with E-state index in [2.05, 4.69) is 19.9 Å². The van der Waals surface area contributed by atoms with Crippen molar-refractivity contribution >= 4 is 0 Å². The Balaban J connectivity index is 2.78. The second-order valence-electron chi connectivity index (χ2n) is 4.00. The summed E-state index contributed by atoms with van der Waals surface area (Å²) in [6, 6.07) is 0. The molecule has 0 aromatic rings. The number of aliphatic hydroxyl groups excluding tert-OH is 1. The van der Waals surface area contributed by atoms with Crippen LogP contribution in [-0.4, -0.2) is 22.4 Å². The maximum atomic E-state index is 10.0. The number of aliphatic hydroxyl groups is 2. The van der Waals surface area contributed by atoms with Crippen LogP contribution in [0.3, 0.4) is 0 Å². The van der Waals surface area contributed by atoms with E-state index in [0.29, 0.717) is 12.3 Å². The van der Waals surface area contributed by atoms with Crippen molar-refractivity contribution in [1.29, 1.82) is 0 Å². The molecule has 1 rings (SSSR count). The Labute approximate surface area is 73.9 Å². The van der Waals surface area contributed by atoms with E-state index < -0.39 is 5.60 Å². The lowest BCUT2D eigenvalue weighted by Gasteiger charge is -2.37. The predicted octanol–water partition coefficient (Wildman–Crippen LogP) is 1.33. The van der Waals surface area contributed by atoms with Gasteiger partial charge in [0.05, 0.1) is 12.2 Å². The third-order valence-corrected chi connectivity index (χ3v) is 2.70. The van der Waals surface area contributed by atoms with Gasteiger partial charge in [0.15, 0.2) is 0 Å². The largest absolute Gasteiger partial charge is 0.393 e. The van der Waals surface area contributed by atoms with Crippen molar-refractivity contribution in [1.82, 2.24) is 0 Å². The fourth-order valence-corrected chi connectivity index (χ4v) is 1.95. The molecule has 0 radical (unpaired) electrons. The third-order valence-electron chi connectivity index (χ3n) is 2.70. The molecule has 1 aliphatic carbocycles. The van der Waals surface area contributed by atoms with E-state index in [4.69, 9.17) is 5.11 Å². The highest BCUT2D eigenvalue weighted by Gasteiger charge is 2.37. The Morgan fingerprint density at radius 1 is 1.58 bits per heavy atom. The summed E-state index contributed by atoms with van der Waals surface area (Å²) < 4.78 is 0. The van der Waals surface area contributed by atoms with Crippen molar-refractivity contribution < 1.29 is 10.2 Å². The molecular formula is C10H18O2. The van der Waals surface area contributed by atoms with E-state index in [1.54, 1.807) is 0 Å². The second kappa shape index (κ2) is 3.58. The first kappa shape index (κ1) is 9.75. The van der Waals surface area contributed by atoms with Gasteiger partial charge in [-0.2, -0.15) is 0 Å². The van der Waals surface area contributed by atoms with Gasteiger partial charge in [0, 0.05) is 5.92 Å². The van der Waals surface area contributed by atoms with Gasteiger partial charge in [0.25, 0.3) is 0 Å². The number of rotatable bonds is 2. The molecule has 2 heteroatoms. The van der Waals surface area contributed by atoms with Crippen LogP contribution in [0.25, 0.3) is 0 Å². The first-order valence-corrected chi connectivity index (χ1v) is 4.60. The van der Waals surface area contributed by atoms with Crippen LogP contribution in [-0.2, 0) is 0 Å². The third kappa shape index (κ3) is 1.70. The molecule has 1 aliphatic rings. The smallest absolute Gasteiger partial charge is 0.0944 e. The van der Waals surface area contributed by atoms with Gasteiger partial charge >= 0.3 is 0 Å². The average Bonchev–Trinajstić information content (AvgIpc) is 2.05. The van der Waals surface area contributed by atoms with Gasteiger partial charge in [0.1, 0.15) is 0 Å². The van der Waals surface area contributed by atoms with Crippen molar-refractivity contribution in [3.05, 3.63) is 12.2 Å². The highest BCUT2D eigenvalue weighted by molar-refractivity contribution is 5.06. The van der Waals surface area contributed by atoms with Gasteiger partial charge in [0.2, 0.25) is 0 Å². The van der Waals surface area contributed by atoms with Gasteiger partial charge < -0.3 is 10.2 Å². The number of hydrogen-bond donors (Lipinski definition) is 2. The Kier molecular flexibility index (Phi) is 2.91. The van der Waals surface area contributed by atoms with Gasteiger partial charge in [-0.15, -0.1) is 0 Å². The minimum absolute atomic E-state index is 0.108. The fourth-order valence-electron chi connectivity index (χ4n) is 1.95. The van der Waals surface area contributed by atoms with E-state index in [-0.39, 0.29) is 12.5 Å². The summed E-state index contributed by atoms with van der Waals surface area (Å²) in [6.45, 7) is 4.02. The molecule has 0 unspecified atom stereocenters. The van der Waals surface area contributed by atoms with E-state index in [0.717, 1.165) is 6.42 Å². The lowest BCUT2D eigenvalue weighted by Crippen LogP contribution is -2.44. The minimum atomic E-state index is -0.872. The highest BCUT2D eigenvalue weighted by atomic mass is 16.3.